The second kappa shape index (κ2) is 22.6. The third kappa shape index (κ3) is 11.0. The molecule has 0 bridgehead atoms. The number of para-hydroxylation sites is 2. The maximum atomic E-state index is 13.8. The summed E-state index contributed by atoms with van der Waals surface area (Å²) in [6.45, 7) is 2.21. The number of hydrogen-bond donors (Lipinski definition) is 2. The Morgan fingerprint density at radius 2 is 1.03 bits per heavy atom. The lowest BCUT2D eigenvalue weighted by Gasteiger charge is -2.29. The predicted octanol–water partition coefficient (Wildman–Crippen LogP) is 11.2. The number of aromatic nitrogens is 6. The molecule has 2 aliphatic rings. The number of nitrogens with one attached hydrogen (secondary N) is 1. The molecule has 0 saturated heterocycles. The van der Waals surface area contributed by atoms with Gasteiger partial charge in [-0.1, -0.05) is 120 Å². The number of fused-ring (bicyclic) bond motifs is 6. The summed E-state index contributed by atoms with van der Waals surface area (Å²) in [4.78, 5) is 52.6. The van der Waals surface area contributed by atoms with Crippen LogP contribution in [0.25, 0.3) is 22.7 Å². The first kappa shape index (κ1) is 51.1. The third-order valence-corrected chi connectivity index (χ3v) is 15.5. The average Bonchev–Trinajstić information content (AvgIpc) is 4.07. The van der Waals surface area contributed by atoms with Crippen molar-refractivity contribution in [2.75, 3.05) is 13.1 Å². The minimum absolute atomic E-state index is 0.0661. The third-order valence-electron chi connectivity index (χ3n) is 13.0. The molecule has 0 atom stereocenters. The van der Waals surface area contributed by atoms with E-state index in [9.17, 15) is 19.2 Å². The Bertz CT molecular complexity index is 3870. The van der Waals surface area contributed by atoms with Crippen molar-refractivity contribution < 1.29 is 14.7 Å². The van der Waals surface area contributed by atoms with Gasteiger partial charge in [0.25, 0.3) is 17.0 Å². The van der Waals surface area contributed by atoms with Crippen LogP contribution in [-0.2, 0) is 38.8 Å². The normalized spacial score (nSPS) is 12.8. The molecule has 0 saturated carbocycles. The van der Waals surface area contributed by atoms with E-state index < -0.39 is 5.97 Å². The first-order valence-corrected chi connectivity index (χ1v) is 26.4. The lowest BCUT2D eigenvalue weighted by atomic mass is 10.0. The van der Waals surface area contributed by atoms with E-state index in [0.29, 0.717) is 57.2 Å². The SMILES string of the molecule is O=C(O)c1ccc(Br)c(Cl)c1.O=C(c1ccc(Br)c(Cl)c1)N1CCc2c(n3nc(Cc4ccccc4)cc3n(-c3ccccc3)c2=O)C1.O=c1c2c(n3nc(Cc4ccccc4)cc3n1-c1ccccc1)CNCC2. The Balaban J connectivity index is 0.000000147. The van der Waals surface area contributed by atoms with Gasteiger partial charge in [-0.25, -0.2) is 13.8 Å². The lowest BCUT2D eigenvalue weighted by molar-refractivity contribution is 0.0694. The molecular weight excluding hydrogens is 1120 g/mol. The van der Waals surface area contributed by atoms with Gasteiger partial charge in [-0.05, 0) is 123 Å². The number of aromatic carboxylic acids is 1. The van der Waals surface area contributed by atoms with E-state index in [1.54, 1.807) is 38.3 Å². The molecule has 17 heteroatoms. The fourth-order valence-electron chi connectivity index (χ4n) is 9.36. The Morgan fingerprint density at radius 3 is 1.52 bits per heavy atom. The predicted molar refractivity (Wildman–Crippen MR) is 299 cm³/mol. The van der Waals surface area contributed by atoms with Gasteiger partial charge in [0.2, 0.25) is 0 Å². The van der Waals surface area contributed by atoms with Crippen LogP contribution in [0.3, 0.4) is 0 Å². The van der Waals surface area contributed by atoms with Crippen LogP contribution < -0.4 is 16.4 Å². The minimum atomic E-state index is -0.973. The number of carbonyl (C=O) groups excluding carboxylic acids is 1. The molecular formula is C58H46Br2Cl2N8O5. The summed E-state index contributed by atoms with van der Waals surface area (Å²) < 4.78 is 8.76. The molecule has 6 aromatic carbocycles. The number of carboxylic acids is 1. The summed E-state index contributed by atoms with van der Waals surface area (Å²) >= 11 is 18.4. The molecule has 12 rings (SSSR count). The van der Waals surface area contributed by atoms with Crippen LogP contribution in [0.1, 0.15) is 65.7 Å². The van der Waals surface area contributed by atoms with E-state index in [-0.39, 0.29) is 29.1 Å². The first-order chi connectivity index (χ1) is 36.4. The fraction of sp³-hybridized carbons (Fsp3) is 0.138. The number of nitrogens with zero attached hydrogens (tertiary/aromatic N) is 7. The maximum Gasteiger partial charge on any atom is 0.335 e. The Morgan fingerprint density at radius 1 is 0.573 bits per heavy atom. The molecule has 376 valence electrons. The number of carboxylic acid groups (broad SMARTS) is 1. The Kier molecular flexibility index (Phi) is 15.4. The van der Waals surface area contributed by atoms with Gasteiger partial charge in [-0.2, -0.15) is 10.2 Å². The number of halogens is 4. The molecule has 4 aromatic heterocycles. The topological polar surface area (TPSA) is 148 Å². The quantitative estimate of drug-likeness (QED) is 0.153. The molecule has 13 nitrogen and oxygen atoms in total. The lowest BCUT2D eigenvalue weighted by Crippen LogP contribution is -2.41. The van der Waals surface area contributed by atoms with Gasteiger partial charge in [0.05, 0.1) is 56.3 Å². The van der Waals surface area contributed by atoms with Gasteiger partial charge in [0, 0.05) is 63.7 Å². The number of hydrogen-bond acceptors (Lipinski definition) is 7. The number of carbonyl (C=O) groups is 2. The van der Waals surface area contributed by atoms with Crippen LogP contribution in [0.4, 0.5) is 0 Å². The molecule has 10 aromatic rings. The number of rotatable bonds is 8. The van der Waals surface area contributed by atoms with Crippen molar-refractivity contribution in [1.82, 2.24) is 38.6 Å². The van der Waals surface area contributed by atoms with Gasteiger partial charge < -0.3 is 15.3 Å². The van der Waals surface area contributed by atoms with Crippen molar-refractivity contribution in [1.29, 1.82) is 0 Å². The molecule has 1 amide bonds. The highest BCUT2D eigenvalue weighted by Gasteiger charge is 2.29. The van der Waals surface area contributed by atoms with Gasteiger partial charge in [-0.3, -0.25) is 23.5 Å². The maximum absolute atomic E-state index is 13.8. The monoisotopic (exact) mass is 1160 g/mol. The Labute approximate surface area is 457 Å². The molecule has 0 spiro atoms. The smallest absolute Gasteiger partial charge is 0.335 e. The molecule has 0 fully saturated rings. The highest BCUT2D eigenvalue weighted by Crippen LogP contribution is 2.28. The van der Waals surface area contributed by atoms with Crippen molar-refractivity contribution in [3.05, 3.63) is 266 Å². The van der Waals surface area contributed by atoms with E-state index in [4.69, 9.17) is 38.5 Å². The van der Waals surface area contributed by atoms with Crippen molar-refractivity contribution in [2.45, 2.75) is 38.8 Å². The van der Waals surface area contributed by atoms with Crippen molar-refractivity contribution in [3.63, 3.8) is 0 Å². The van der Waals surface area contributed by atoms with Crippen LogP contribution in [0.5, 0.6) is 0 Å². The first-order valence-electron chi connectivity index (χ1n) is 24.0. The standard InChI is InChI=1S/C29H22BrClN4O2.C22H20N4O.C7H4BrClO2/c30-24-12-11-20(16-25(24)31)28(36)33-14-13-23-26(18-33)35-27(34(29(23)37)22-9-5-2-6-10-22)17-21(32-35)15-19-7-3-1-4-8-19;27-22-19-11-12-23-15-20(19)26-21(25(22)18-9-5-2-6-10-18)14-17(24-26)13-16-7-3-1-4-8-16;8-5-2-1-4(7(10)11)3-6(5)9/h1-12,16-17H,13-15,18H2;1-10,14,23H,11-13,15H2;1-3H,(H,10,11). The number of amides is 1. The zero-order valence-corrected chi connectivity index (χ0v) is 44.7. The van der Waals surface area contributed by atoms with Crippen LogP contribution >= 0.6 is 55.1 Å². The largest absolute Gasteiger partial charge is 0.478 e. The van der Waals surface area contributed by atoms with Crippen molar-refractivity contribution in [3.8, 4) is 11.4 Å². The van der Waals surface area contributed by atoms with Gasteiger partial charge in [0.1, 0.15) is 11.3 Å². The fourth-order valence-corrected chi connectivity index (χ4v) is 10.2. The molecule has 0 aliphatic carbocycles. The average molecular weight is 1170 g/mol. The molecule has 2 N–H and O–H groups in total. The summed E-state index contributed by atoms with van der Waals surface area (Å²) in [5.74, 6) is -1.10. The zero-order chi connectivity index (χ0) is 52.2. The summed E-state index contributed by atoms with van der Waals surface area (Å²) in [5.41, 5.74) is 11.3. The van der Waals surface area contributed by atoms with E-state index in [2.05, 4.69) is 61.4 Å². The van der Waals surface area contributed by atoms with Crippen LogP contribution in [0.2, 0.25) is 10.0 Å². The zero-order valence-electron chi connectivity index (χ0n) is 40.0. The second-order valence-electron chi connectivity index (χ2n) is 17.9. The second-order valence-corrected chi connectivity index (χ2v) is 20.4. The summed E-state index contributed by atoms with van der Waals surface area (Å²) in [5, 5.41) is 22.6. The summed E-state index contributed by atoms with van der Waals surface area (Å²) in [6, 6.07) is 53.5. The van der Waals surface area contributed by atoms with E-state index in [1.165, 1.54) is 17.7 Å². The van der Waals surface area contributed by atoms with Crippen LogP contribution in [0.15, 0.2) is 188 Å². The molecule has 6 heterocycles. The van der Waals surface area contributed by atoms with Crippen molar-refractivity contribution in [2.24, 2.45) is 0 Å². The molecule has 2 aliphatic heterocycles. The summed E-state index contributed by atoms with van der Waals surface area (Å²) in [6.07, 6.45) is 2.56. The highest BCUT2D eigenvalue weighted by molar-refractivity contribution is 9.10. The van der Waals surface area contributed by atoms with Crippen LogP contribution in [0, 0.1) is 0 Å². The highest BCUT2D eigenvalue weighted by atomic mass is 79.9. The van der Waals surface area contributed by atoms with Gasteiger partial charge in [0.15, 0.2) is 0 Å². The van der Waals surface area contributed by atoms with Gasteiger partial charge >= 0.3 is 5.97 Å². The molecule has 0 unspecified atom stereocenters. The van der Waals surface area contributed by atoms with E-state index >= 15 is 0 Å². The number of benzene rings is 6. The van der Waals surface area contributed by atoms with E-state index in [1.807, 2.05) is 118 Å². The van der Waals surface area contributed by atoms with Gasteiger partial charge in [-0.15, -0.1) is 0 Å². The van der Waals surface area contributed by atoms with E-state index in [0.717, 1.165) is 74.8 Å². The minimum Gasteiger partial charge on any atom is -0.478 e. The molecule has 75 heavy (non-hydrogen) atoms. The Hall–Kier alpha value is -7.40. The molecule has 0 radical (unpaired) electrons. The van der Waals surface area contributed by atoms with Crippen LogP contribution in [-0.4, -0.2) is 63.3 Å². The summed E-state index contributed by atoms with van der Waals surface area (Å²) in [7, 11) is 0. The van der Waals surface area contributed by atoms with Crippen molar-refractivity contribution >= 4 is 78.2 Å².